The highest BCUT2D eigenvalue weighted by atomic mass is 19.4. The van der Waals surface area contributed by atoms with E-state index >= 15 is 0 Å². The monoisotopic (exact) mass is 381 g/mol. The molecule has 0 bridgehead atoms. The van der Waals surface area contributed by atoms with E-state index in [0.717, 1.165) is 5.56 Å². The first-order valence-electron chi connectivity index (χ1n) is 8.09. The molecule has 144 valence electrons. The van der Waals surface area contributed by atoms with Crippen LogP contribution in [-0.4, -0.2) is 34.0 Å². The number of alkyl halides is 3. The lowest BCUT2D eigenvalue weighted by atomic mass is 10.2. The lowest BCUT2D eigenvalue weighted by Gasteiger charge is -2.13. The van der Waals surface area contributed by atoms with Crippen LogP contribution in [0.3, 0.4) is 0 Å². The summed E-state index contributed by atoms with van der Waals surface area (Å²) in [6.45, 7) is 0.358. The Kier molecular flexibility index (Phi) is 4.86. The zero-order valence-electron chi connectivity index (χ0n) is 15.0. The van der Waals surface area contributed by atoms with Gasteiger partial charge in [-0.05, 0) is 13.0 Å². The molecule has 6 nitrogen and oxygen atoms in total. The minimum atomic E-state index is -4.50. The average molecular weight is 381 g/mol. The highest BCUT2D eigenvalue weighted by molar-refractivity contribution is 5.82. The predicted molar refractivity (Wildman–Crippen MR) is 93.4 cm³/mol. The Morgan fingerprint density at radius 2 is 1.89 bits per heavy atom. The summed E-state index contributed by atoms with van der Waals surface area (Å²) in [7, 11) is 3.12. The Morgan fingerprint density at radius 3 is 2.56 bits per heavy atom. The second-order valence-electron chi connectivity index (χ2n) is 6.07. The van der Waals surface area contributed by atoms with Crippen LogP contribution in [-0.2, 0) is 13.6 Å². The Morgan fingerprint density at radius 1 is 1.19 bits per heavy atom. The van der Waals surface area contributed by atoms with Crippen LogP contribution in [0.25, 0.3) is 11.0 Å². The van der Waals surface area contributed by atoms with Crippen LogP contribution in [0.4, 0.5) is 13.2 Å². The quantitative estimate of drug-likeness (QED) is 0.682. The molecule has 0 N–H and O–H groups in total. The Bertz CT molecular complexity index is 1040. The van der Waals surface area contributed by atoms with Gasteiger partial charge in [0.15, 0.2) is 18.0 Å². The van der Waals surface area contributed by atoms with E-state index < -0.39 is 18.3 Å². The molecule has 9 heteroatoms. The first-order valence-corrected chi connectivity index (χ1v) is 8.09. The van der Waals surface area contributed by atoms with Gasteiger partial charge in [0, 0.05) is 18.8 Å². The average Bonchev–Trinajstić information content (AvgIpc) is 2.92. The third-order valence-corrected chi connectivity index (χ3v) is 4.14. The van der Waals surface area contributed by atoms with Crippen molar-refractivity contribution in [1.82, 2.24) is 14.1 Å². The maximum atomic E-state index is 13.0. The molecule has 3 aromatic rings. The van der Waals surface area contributed by atoms with E-state index in [1.807, 2.05) is 6.07 Å². The van der Waals surface area contributed by atoms with Crippen LogP contribution >= 0.6 is 0 Å². The summed E-state index contributed by atoms with van der Waals surface area (Å²) >= 11 is 0. The summed E-state index contributed by atoms with van der Waals surface area (Å²) < 4.78 is 50.6. The molecule has 0 radical (unpaired) electrons. The number of ether oxygens (including phenoxy) is 2. The lowest BCUT2D eigenvalue weighted by molar-refractivity contribution is -0.153. The van der Waals surface area contributed by atoms with Crippen LogP contribution in [0, 0.1) is 6.92 Å². The van der Waals surface area contributed by atoms with E-state index in [0.29, 0.717) is 11.6 Å². The zero-order valence-corrected chi connectivity index (χ0v) is 15.0. The molecule has 0 unspecified atom stereocenters. The van der Waals surface area contributed by atoms with Gasteiger partial charge in [-0.1, -0.05) is 18.2 Å². The fraction of sp³-hybridized carbons (Fsp3) is 0.333. The number of halogens is 3. The summed E-state index contributed by atoms with van der Waals surface area (Å²) in [4.78, 5) is 17.4. The lowest BCUT2D eigenvalue weighted by Crippen LogP contribution is -2.25. The molecule has 3 rings (SSSR count). The Hall–Kier alpha value is -2.97. The van der Waals surface area contributed by atoms with Crippen LogP contribution in [0.15, 0.2) is 35.3 Å². The third kappa shape index (κ3) is 3.76. The highest BCUT2D eigenvalue weighted by Crippen LogP contribution is 2.26. The molecule has 1 aromatic carbocycles. The molecule has 2 heterocycles. The summed E-state index contributed by atoms with van der Waals surface area (Å²) in [6, 6.07) is 7.19. The van der Waals surface area contributed by atoms with Gasteiger partial charge in [0.05, 0.1) is 13.7 Å². The SMILES string of the molecule is COc1ccccc1Cn1c(C)nc2c(c(OCC(F)(F)F)cn2C)c1=O. The zero-order chi connectivity index (χ0) is 19.8. The molecule has 0 spiro atoms. The molecule has 0 fully saturated rings. The molecule has 0 saturated heterocycles. The van der Waals surface area contributed by atoms with Crippen molar-refractivity contribution in [1.29, 1.82) is 0 Å². The van der Waals surface area contributed by atoms with Gasteiger partial charge in [-0.25, -0.2) is 4.98 Å². The number of fused-ring (bicyclic) bond motifs is 1. The Labute approximate surface area is 152 Å². The number of rotatable bonds is 5. The minimum Gasteiger partial charge on any atom is -0.496 e. The van der Waals surface area contributed by atoms with Crippen molar-refractivity contribution < 1.29 is 22.6 Å². The smallest absolute Gasteiger partial charge is 0.422 e. The fourth-order valence-electron chi connectivity index (χ4n) is 2.88. The van der Waals surface area contributed by atoms with Crippen LogP contribution in [0.5, 0.6) is 11.5 Å². The first-order chi connectivity index (χ1) is 12.7. The maximum Gasteiger partial charge on any atom is 0.422 e. The summed E-state index contributed by atoms with van der Waals surface area (Å²) in [6.07, 6.45) is -3.17. The van der Waals surface area contributed by atoms with Gasteiger partial charge in [0.25, 0.3) is 5.56 Å². The van der Waals surface area contributed by atoms with Gasteiger partial charge < -0.3 is 14.0 Å². The van der Waals surface area contributed by atoms with Crippen molar-refractivity contribution in [3.05, 3.63) is 52.2 Å². The van der Waals surface area contributed by atoms with E-state index in [2.05, 4.69) is 4.98 Å². The molecule has 0 amide bonds. The molecule has 0 aliphatic rings. The fourth-order valence-corrected chi connectivity index (χ4v) is 2.88. The van der Waals surface area contributed by atoms with Gasteiger partial charge in [-0.3, -0.25) is 9.36 Å². The van der Waals surface area contributed by atoms with Crippen LogP contribution in [0.2, 0.25) is 0 Å². The first kappa shape index (κ1) is 18.8. The van der Waals surface area contributed by atoms with Gasteiger partial charge in [0.2, 0.25) is 0 Å². The number of aryl methyl sites for hydroxylation is 2. The van der Waals surface area contributed by atoms with Gasteiger partial charge in [-0.15, -0.1) is 0 Å². The number of para-hydroxylation sites is 1. The van der Waals surface area contributed by atoms with Gasteiger partial charge in [0.1, 0.15) is 17.0 Å². The van der Waals surface area contributed by atoms with Crippen LogP contribution in [0.1, 0.15) is 11.4 Å². The second kappa shape index (κ2) is 6.98. The molecular weight excluding hydrogens is 363 g/mol. The summed E-state index contributed by atoms with van der Waals surface area (Å²) in [5, 5.41) is 0.0160. The highest BCUT2D eigenvalue weighted by Gasteiger charge is 2.29. The molecule has 2 aromatic heterocycles. The summed E-state index contributed by atoms with van der Waals surface area (Å²) in [5.41, 5.74) is 0.548. The standard InChI is InChI=1S/C18H18F3N3O3/c1-11-22-16-15(14(9-23(16)2)27-10-18(19,20)21)17(25)24(11)8-12-6-4-5-7-13(12)26-3/h4-7,9H,8,10H2,1-3H3. The van der Waals surface area contributed by atoms with Gasteiger partial charge >= 0.3 is 6.18 Å². The topological polar surface area (TPSA) is 58.3 Å². The number of methoxy groups -OCH3 is 1. The number of benzene rings is 1. The normalized spacial score (nSPS) is 11.8. The molecule has 0 aliphatic carbocycles. The van der Waals surface area contributed by atoms with Crippen molar-refractivity contribution >= 4 is 11.0 Å². The van der Waals surface area contributed by atoms with Crippen molar-refractivity contribution in [3.63, 3.8) is 0 Å². The molecule has 27 heavy (non-hydrogen) atoms. The number of aromatic nitrogens is 3. The molecular formula is C18H18F3N3O3. The maximum absolute atomic E-state index is 13.0. The molecule has 0 aliphatic heterocycles. The molecule has 0 saturated carbocycles. The summed E-state index contributed by atoms with van der Waals surface area (Å²) in [5.74, 6) is 0.892. The molecule has 0 atom stereocenters. The third-order valence-electron chi connectivity index (χ3n) is 4.14. The second-order valence-corrected chi connectivity index (χ2v) is 6.07. The Balaban J connectivity index is 2.10. The van der Waals surface area contributed by atoms with Crippen molar-refractivity contribution in [2.75, 3.05) is 13.7 Å². The van der Waals surface area contributed by atoms with E-state index in [-0.39, 0.29) is 23.3 Å². The van der Waals surface area contributed by atoms with Crippen molar-refractivity contribution in [3.8, 4) is 11.5 Å². The van der Waals surface area contributed by atoms with Crippen LogP contribution < -0.4 is 15.0 Å². The van der Waals surface area contributed by atoms with E-state index in [4.69, 9.17) is 9.47 Å². The predicted octanol–water partition coefficient (Wildman–Crippen LogP) is 3.04. The van der Waals surface area contributed by atoms with E-state index in [1.54, 1.807) is 32.2 Å². The number of hydrogen-bond donors (Lipinski definition) is 0. The number of hydrogen-bond acceptors (Lipinski definition) is 4. The number of nitrogens with zero attached hydrogens (tertiary/aromatic N) is 3. The van der Waals surface area contributed by atoms with Gasteiger partial charge in [-0.2, -0.15) is 13.2 Å². The van der Waals surface area contributed by atoms with Crippen molar-refractivity contribution in [2.24, 2.45) is 7.05 Å². The van der Waals surface area contributed by atoms with E-state index in [1.165, 1.54) is 22.4 Å². The van der Waals surface area contributed by atoms with E-state index in [9.17, 15) is 18.0 Å². The van der Waals surface area contributed by atoms with Crippen molar-refractivity contribution in [2.45, 2.75) is 19.6 Å². The minimum absolute atomic E-state index is 0.0160. The largest absolute Gasteiger partial charge is 0.496 e.